The van der Waals surface area contributed by atoms with Crippen LogP contribution < -0.4 is 16.4 Å². The summed E-state index contributed by atoms with van der Waals surface area (Å²) < 4.78 is 1.13. The molecule has 0 fully saturated rings. The maximum atomic E-state index is 11.8. The maximum Gasteiger partial charge on any atom is 0.323 e. The molecule has 0 aliphatic heterocycles. The molecule has 4 N–H and O–H groups in total. The first-order valence-electron chi connectivity index (χ1n) is 6.24. The van der Waals surface area contributed by atoms with Gasteiger partial charge in [0.25, 0.3) is 0 Å². The summed E-state index contributed by atoms with van der Waals surface area (Å²) in [6, 6.07) is 14.8. The van der Waals surface area contributed by atoms with E-state index in [4.69, 9.17) is 5.73 Å². The number of hydrogen-bond donors (Lipinski definition) is 3. The highest BCUT2D eigenvalue weighted by Gasteiger charge is 2.04. The molecule has 2 amide bonds. The van der Waals surface area contributed by atoms with E-state index in [-0.39, 0.29) is 12.1 Å². The van der Waals surface area contributed by atoms with Gasteiger partial charge in [0.05, 0.1) is 0 Å². The molecule has 4 nitrogen and oxygen atoms in total. The Balaban J connectivity index is 1.95. The third-order valence-electron chi connectivity index (χ3n) is 2.80. The zero-order chi connectivity index (χ0) is 14.5. The van der Waals surface area contributed by atoms with E-state index in [2.05, 4.69) is 33.2 Å². The largest absolute Gasteiger partial charge is 0.324 e. The molecule has 0 saturated heterocycles. The lowest BCUT2D eigenvalue weighted by molar-refractivity contribution is 0.262. The Hall–Kier alpha value is -1.60. The Kier molecular flexibility index (Phi) is 4.97. The maximum absolute atomic E-state index is 11.8. The molecule has 2 aromatic carbocycles. The molecule has 0 aliphatic rings. The predicted octanol–water partition coefficient (Wildman–Crippen LogP) is 3.95. The molecular weight excluding hydrogens is 365 g/mol. The molecule has 2 aromatic rings. The minimum absolute atomic E-state index is 0.00957. The Morgan fingerprint density at radius 1 is 1.00 bits per heavy atom. The van der Waals surface area contributed by atoms with Crippen LogP contribution in [0, 0.1) is 3.57 Å². The zero-order valence-electron chi connectivity index (χ0n) is 11.1. The van der Waals surface area contributed by atoms with E-state index in [1.807, 2.05) is 55.5 Å². The molecular formula is C15H16IN3O. The Bertz CT molecular complexity index is 579. The molecule has 5 heteroatoms. The van der Waals surface area contributed by atoms with Crippen molar-refractivity contribution in [3.63, 3.8) is 0 Å². The van der Waals surface area contributed by atoms with Crippen molar-refractivity contribution < 1.29 is 4.79 Å². The highest BCUT2D eigenvalue weighted by molar-refractivity contribution is 14.1. The van der Waals surface area contributed by atoms with E-state index in [0.717, 1.165) is 20.5 Å². The minimum atomic E-state index is -0.264. The number of urea groups is 1. The van der Waals surface area contributed by atoms with Gasteiger partial charge in [-0.1, -0.05) is 12.1 Å². The van der Waals surface area contributed by atoms with E-state index in [1.54, 1.807) is 0 Å². The number of benzene rings is 2. The number of carbonyl (C=O) groups is 1. The van der Waals surface area contributed by atoms with Gasteiger partial charge in [0.2, 0.25) is 0 Å². The smallest absolute Gasteiger partial charge is 0.323 e. The van der Waals surface area contributed by atoms with Gasteiger partial charge >= 0.3 is 6.03 Å². The first-order chi connectivity index (χ1) is 9.54. The van der Waals surface area contributed by atoms with Crippen molar-refractivity contribution in [1.82, 2.24) is 0 Å². The summed E-state index contributed by atoms with van der Waals surface area (Å²) in [7, 11) is 0. The number of anilines is 2. The summed E-state index contributed by atoms with van der Waals surface area (Å²) in [6.45, 7) is 1.92. The van der Waals surface area contributed by atoms with Gasteiger partial charge in [-0.2, -0.15) is 0 Å². The second kappa shape index (κ2) is 6.71. The van der Waals surface area contributed by atoms with Crippen LogP contribution in [0.2, 0.25) is 0 Å². The van der Waals surface area contributed by atoms with Crippen LogP contribution >= 0.6 is 22.6 Å². The van der Waals surface area contributed by atoms with E-state index in [0.29, 0.717) is 0 Å². The average molecular weight is 381 g/mol. The van der Waals surface area contributed by atoms with Crippen molar-refractivity contribution in [2.75, 3.05) is 10.6 Å². The molecule has 0 saturated carbocycles. The molecule has 0 aliphatic carbocycles. The lowest BCUT2D eigenvalue weighted by atomic mass is 10.1. The molecule has 0 heterocycles. The van der Waals surface area contributed by atoms with Crippen molar-refractivity contribution in [2.45, 2.75) is 13.0 Å². The molecule has 0 spiro atoms. The molecule has 1 unspecified atom stereocenters. The molecule has 0 aromatic heterocycles. The van der Waals surface area contributed by atoms with Crippen LogP contribution in [0.1, 0.15) is 18.5 Å². The minimum Gasteiger partial charge on any atom is -0.324 e. The van der Waals surface area contributed by atoms with Gasteiger partial charge in [-0.3, -0.25) is 0 Å². The Morgan fingerprint density at radius 3 is 1.90 bits per heavy atom. The topological polar surface area (TPSA) is 67.1 Å². The number of halogens is 1. The van der Waals surface area contributed by atoms with Crippen LogP contribution in [0.5, 0.6) is 0 Å². The number of carbonyl (C=O) groups excluding carboxylic acids is 1. The highest BCUT2D eigenvalue weighted by atomic mass is 127. The molecule has 0 bridgehead atoms. The fourth-order valence-corrected chi connectivity index (χ4v) is 2.06. The zero-order valence-corrected chi connectivity index (χ0v) is 13.2. The second-order valence-corrected chi connectivity index (χ2v) is 5.74. The summed E-state index contributed by atoms with van der Waals surface area (Å²) in [4.78, 5) is 11.8. The lowest BCUT2D eigenvalue weighted by Gasteiger charge is -2.09. The van der Waals surface area contributed by atoms with Crippen LogP contribution in [0.15, 0.2) is 48.5 Å². The SMILES string of the molecule is CC(N)c1ccc(NC(=O)Nc2ccc(I)cc2)cc1. The summed E-state index contributed by atoms with van der Waals surface area (Å²) in [5.41, 5.74) is 8.31. The first-order valence-corrected chi connectivity index (χ1v) is 7.31. The van der Waals surface area contributed by atoms with Gasteiger partial charge in [0, 0.05) is 21.0 Å². The summed E-state index contributed by atoms with van der Waals surface area (Å²) in [5, 5.41) is 5.56. The standard InChI is InChI=1S/C15H16IN3O/c1-10(17)11-2-6-13(7-3-11)18-15(20)19-14-8-4-12(16)5-9-14/h2-10H,17H2,1H3,(H2,18,19,20). The average Bonchev–Trinajstić information content (AvgIpc) is 2.42. The lowest BCUT2D eigenvalue weighted by Crippen LogP contribution is -2.19. The molecule has 104 valence electrons. The van der Waals surface area contributed by atoms with E-state index >= 15 is 0 Å². The second-order valence-electron chi connectivity index (χ2n) is 4.50. The van der Waals surface area contributed by atoms with Gasteiger partial charge in [-0.15, -0.1) is 0 Å². The third kappa shape index (κ3) is 4.21. The fourth-order valence-electron chi connectivity index (χ4n) is 1.70. The van der Waals surface area contributed by atoms with E-state index in [1.165, 1.54) is 0 Å². The summed E-state index contributed by atoms with van der Waals surface area (Å²) in [5.74, 6) is 0. The Labute approximate surface area is 131 Å². The van der Waals surface area contributed by atoms with Crippen LogP contribution in [0.25, 0.3) is 0 Å². The van der Waals surface area contributed by atoms with Crippen molar-refractivity contribution in [3.05, 3.63) is 57.7 Å². The monoisotopic (exact) mass is 381 g/mol. The fraction of sp³-hybridized carbons (Fsp3) is 0.133. The highest BCUT2D eigenvalue weighted by Crippen LogP contribution is 2.15. The van der Waals surface area contributed by atoms with Gasteiger partial charge < -0.3 is 16.4 Å². The number of hydrogen-bond acceptors (Lipinski definition) is 2. The number of rotatable bonds is 3. The van der Waals surface area contributed by atoms with Gasteiger partial charge in [-0.25, -0.2) is 4.79 Å². The Morgan fingerprint density at radius 2 is 1.45 bits per heavy atom. The van der Waals surface area contributed by atoms with Crippen molar-refractivity contribution in [2.24, 2.45) is 5.73 Å². The molecule has 20 heavy (non-hydrogen) atoms. The third-order valence-corrected chi connectivity index (χ3v) is 3.52. The van der Waals surface area contributed by atoms with Gasteiger partial charge in [-0.05, 0) is 71.5 Å². The van der Waals surface area contributed by atoms with E-state index in [9.17, 15) is 4.79 Å². The number of nitrogens with two attached hydrogens (primary N) is 1. The predicted molar refractivity (Wildman–Crippen MR) is 90.8 cm³/mol. The number of nitrogens with one attached hydrogen (secondary N) is 2. The van der Waals surface area contributed by atoms with Crippen molar-refractivity contribution >= 4 is 40.0 Å². The van der Waals surface area contributed by atoms with E-state index < -0.39 is 0 Å². The molecule has 0 radical (unpaired) electrons. The van der Waals surface area contributed by atoms with Gasteiger partial charge in [0.1, 0.15) is 0 Å². The summed E-state index contributed by atoms with van der Waals surface area (Å²) in [6.07, 6.45) is 0. The first kappa shape index (κ1) is 14.8. The van der Waals surface area contributed by atoms with Crippen LogP contribution in [0.3, 0.4) is 0 Å². The van der Waals surface area contributed by atoms with Crippen LogP contribution in [-0.4, -0.2) is 6.03 Å². The van der Waals surface area contributed by atoms with Crippen molar-refractivity contribution in [1.29, 1.82) is 0 Å². The molecule has 2 rings (SSSR count). The number of amides is 2. The normalized spacial score (nSPS) is 11.8. The quantitative estimate of drug-likeness (QED) is 0.705. The van der Waals surface area contributed by atoms with Crippen molar-refractivity contribution in [3.8, 4) is 0 Å². The summed E-state index contributed by atoms with van der Waals surface area (Å²) >= 11 is 2.22. The van der Waals surface area contributed by atoms with Crippen LogP contribution in [-0.2, 0) is 0 Å². The molecule has 1 atom stereocenters. The van der Waals surface area contributed by atoms with Gasteiger partial charge in [0.15, 0.2) is 0 Å². The van der Waals surface area contributed by atoms with Crippen LogP contribution in [0.4, 0.5) is 16.2 Å².